The van der Waals surface area contributed by atoms with Crippen LogP contribution in [-0.4, -0.2) is 33.1 Å². The minimum atomic E-state index is -1.05. The van der Waals surface area contributed by atoms with E-state index in [1.165, 1.54) is 59.1 Å². The number of allylic oxidation sites excluding steroid dienone is 2. The maximum Gasteiger partial charge on any atom is 0.234 e. The summed E-state index contributed by atoms with van der Waals surface area (Å²) >= 11 is 2.63. The van der Waals surface area contributed by atoms with Crippen molar-refractivity contribution >= 4 is 79.5 Å². The second-order valence-electron chi connectivity index (χ2n) is 18.1. The minimum Gasteiger partial charge on any atom is -0.465 e. The average Bonchev–Trinajstić information content (AvgIpc) is 4.03. The molecule has 326 valence electrons. The van der Waals surface area contributed by atoms with E-state index in [0.717, 1.165) is 120 Å². The summed E-state index contributed by atoms with van der Waals surface area (Å²) < 4.78 is 70.5. The molecule has 0 unspecified atom stereocenters. The van der Waals surface area contributed by atoms with Crippen molar-refractivity contribution in [3.05, 3.63) is 138 Å². The number of Topliss-reactive ketones (excluding diaryl/α,β-unsaturated/α-hetero) is 4. The van der Waals surface area contributed by atoms with E-state index in [1.54, 1.807) is 0 Å². The number of fused-ring (bicyclic) bond motifs is 12. The van der Waals surface area contributed by atoms with E-state index in [0.29, 0.717) is 43.3 Å². The summed E-state index contributed by atoms with van der Waals surface area (Å²) in [7, 11) is 0. The monoisotopic (exact) mass is 920 g/mol. The summed E-state index contributed by atoms with van der Waals surface area (Å²) in [4.78, 5) is 66.5. The molecule has 0 radical (unpaired) electrons. The minimum absolute atomic E-state index is 0.0902. The Hall–Kier alpha value is -6.64. The lowest BCUT2D eigenvalue weighted by molar-refractivity contribution is 0.0162. The first kappa shape index (κ1) is 39.7. The number of hydrogen-bond acceptors (Lipinski definition) is 10. The van der Waals surface area contributed by atoms with Gasteiger partial charge in [0.15, 0.2) is 46.4 Å². The third kappa shape index (κ3) is 5.66. The van der Waals surface area contributed by atoms with Gasteiger partial charge in [-0.3, -0.25) is 19.2 Å². The Kier molecular flexibility index (Phi) is 8.39. The smallest absolute Gasteiger partial charge is 0.234 e. The van der Waals surface area contributed by atoms with Crippen molar-refractivity contribution in [2.45, 2.75) is 75.4 Å². The van der Waals surface area contributed by atoms with E-state index in [2.05, 4.69) is 12.1 Å². The number of nitrogens with zero attached hydrogens (tertiary/aromatic N) is 2. The SMILES string of the molecule is O=C1C(=Cc2nc3c(s2)-c2cc4c(cc2C2(CCCCC2)O3)-c2sc(C=C3C(=O)c5cc6cc(F)c(F)cc6cc5C3=O)nc2OC42CCCCC2)C(=O)c2cc3cc(F)c(F)cc3cc21. The highest BCUT2D eigenvalue weighted by Gasteiger charge is 2.49. The molecular formula is C52H32F4N2O6S2. The van der Waals surface area contributed by atoms with Crippen molar-refractivity contribution in [3.63, 3.8) is 0 Å². The molecule has 0 atom stereocenters. The molecule has 0 saturated heterocycles. The first-order valence-electron chi connectivity index (χ1n) is 21.9. The highest BCUT2D eigenvalue weighted by molar-refractivity contribution is 7.17. The Labute approximate surface area is 380 Å². The van der Waals surface area contributed by atoms with Gasteiger partial charge in [0.25, 0.3) is 0 Å². The van der Waals surface area contributed by atoms with Gasteiger partial charge in [0.1, 0.15) is 21.2 Å². The fourth-order valence-corrected chi connectivity index (χ4v) is 13.0. The van der Waals surface area contributed by atoms with Gasteiger partial charge in [-0.2, -0.15) is 0 Å². The maximum atomic E-state index is 14.1. The molecule has 0 amide bonds. The summed E-state index contributed by atoms with van der Waals surface area (Å²) in [6, 6.07) is 14.2. The van der Waals surface area contributed by atoms with E-state index < -0.39 is 57.6 Å². The normalized spacial score (nSPS) is 18.5. The number of carbonyl (C=O) groups excluding carboxylic acids is 4. The number of carbonyl (C=O) groups is 4. The molecule has 4 aliphatic carbocycles. The van der Waals surface area contributed by atoms with Crippen LogP contribution >= 0.6 is 22.7 Å². The lowest BCUT2D eigenvalue weighted by atomic mass is 9.71. The molecule has 6 aliphatic rings. The van der Waals surface area contributed by atoms with Gasteiger partial charge in [0.2, 0.25) is 11.8 Å². The number of hydrogen-bond donors (Lipinski definition) is 0. The molecule has 66 heavy (non-hydrogen) atoms. The number of aromatic nitrogens is 2. The van der Waals surface area contributed by atoms with Gasteiger partial charge in [-0.15, -0.1) is 22.7 Å². The number of benzene rings is 5. The third-order valence-corrected chi connectivity index (χ3v) is 16.3. The van der Waals surface area contributed by atoms with Gasteiger partial charge in [-0.25, -0.2) is 27.5 Å². The van der Waals surface area contributed by atoms with Gasteiger partial charge < -0.3 is 9.47 Å². The molecule has 0 N–H and O–H groups in total. The van der Waals surface area contributed by atoms with Gasteiger partial charge in [0.05, 0.1) is 20.9 Å². The predicted octanol–water partition coefficient (Wildman–Crippen LogP) is 12.8. The zero-order chi connectivity index (χ0) is 45.0. The second-order valence-corrected chi connectivity index (χ2v) is 20.1. The number of halogens is 4. The van der Waals surface area contributed by atoms with E-state index in [9.17, 15) is 36.7 Å². The Morgan fingerprint density at radius 3 is 1.08 bits per heavy atom. The Morgan fingerprint density at radius 2 is 0.758 bits per heavy atom. The van der Waals surface area contributed by atoms with Crippen LogP contribution < -0.4 is 9.47 Å². The van der Waals surface area contributed by atoms with Crippen molar-refractivity contribution in [1.29, 1.82) is 0 Å². The van der Waals surface area contributed by atoms with Crippen LogP contribution in [0.3, 0.4) is 0 Å². The Bertz CT molecular complexity index is 3180. The van der Waals surface area contributed by atoms with Gasteiger partial charge in [-0.05, 0) is 146 Å². The average molecular weight is 921 g/mol. The highest BCUT2D eigenvalue weighted by atomic mass is 32.1. The fourth-order valence-electron chi connectivity index (χ4n) is 11.1. The summed E-state index contributed by atoms with van der Waals surface area (Å²) in [5.74, 6) is -5.42. The molecule has 8 nitrogen and oxygen atoms in total. The second kappa shape index (κ2) is 13.9. The van der Waals surface area contributed by atoms with Gasteiger partial charge in [-0.1, -0.05) is 12.8 Å². The summed E-state index contributed by atoms with van der Waals surface area (Å²) in [6.45, 7) is 0. The molecule has 2 fully saturated rings. The summed E-state index contributed by atoms with van der Waals surface area (Å²) in [5, 5.41) is 2.04. The van der Waals surface area contributed by atoms with Crippen LogP contribution in [0.5, 0.6) is 11.8 Å². The topological polar surface area (TPSA) is 113 Å². The fraction of sp³-hybridized carbons (Fsp3) is 0.231. The van der Waals surface area contributed by atoms with E-state index >= 15 is 0 Å². The number of ether oxygens (including phenoxy) is 2. The molecule has 13 rings (SSSR count). The van der Waals surface area contributed by atoms with Crippen LogP contribution in [0.1, 0.15) is 127 Å². The van der Waals surface area contributed by atoms with Crippen molar-refractivity contribution < 1.29 is 46.2 Å². The zero-order valence-electron chi connectivity index (χ0n) is 34.7. The molecule has 4 heterocycles. The van der Waals surface area contributed by atoms with Crippen LogP contribution in [0.2, 0.25) is 0 Å². The van der Waals surface area contributed by atoms with E-state index in [4.69, 9.17) is 19.4 Å². The molecule has 2 saturated carbocycles. The van der Waals surface area contributed by atoms with Crippen LogP contribution in [0.4, 0.5) is 17.6 Å². The molecule has 2 aliphatic heterocycles. The molecule has 0 bridgehead atoms. The Balaban J connectivity index is 0.920. The van der Waals surface area contributed by atoms with Crippen molar-refractivity contribution in [1.82, 2.24) is 9.97 Å². The maximum absolute atomic E-state index is 14.1. The molecule has 5 aromatic carbocycles. The van der Waals surface area contributed by atoms with Gasteiger partial charge >= 0.3 is 0 Å². The molecule has 2 spiro atoms. The molecular weight excluding hydrogens is 889 g/mol. The standard InChI is InChI=1S/C52H32F4N2O6S2/c53-37-15-23-11-27-28(12-24(23)16-38(37)54)44(60)33(43(27)59)21-41-57-49-47(65-41)31-20-36-32(19-35(31)51(63-49)7-3-1-4-8-51)48-50(64-52(36)9-5-2-6-10-52)58-42(66-48)22-34-45(61)29-13-25-17-39(55)40(56)18-26(25)14-30(29)46(34)62/h11-22H,1-10H2. The molecule has 14 heteroatoms. The van der Waals surface area contributed by atoms with Crippen LogP contribution in [0, 0.1) is 23.3 Å². The molecule has 2 aromatic heterocycles. The number of ketones is 4. The predicted molar refractivity (Wildman–Crippen MR) is 240 cm³/mol. The first-order valence-corrected chi connectivity index (χ1v) is 23.6. The lowest BCUT2D eigenvalue weighted by Gasteiger charge is -2.45. The van der Waals surface area contributed by atoms with Crippen LogP contribution in [0.15, 0.2) is 71.8 Å². The van der Waals surface area contributed by atoms with Crippen LogP contribution in [0.25, 0.3) is 54.6 Å². The zero-order valence-corrected chi connectivity index (χ0v) is 36.3. The van der Waals surface area contributed by atoms with Crippen molar-refractivity contribution in [2.75, 3.05) is 0 Å². The van der Waals surface area contributed by atoms with Crippen LogP contribution in [-0.2, 0) is 11.2 Å². The third-order valence-electron chi connectivity index (χ3n) is 14.3. The number of rotatable bonds is 2. The van der Waals surface area contributed by atoms with Gasteiger partial charge in [0, 0.05) is 44.5 Å². The van der Waals surface area contributed by atoms with E-state index in [-0.39, 0.29) is 33.4 Å². The van der Waals surface area contributed by atoms with E-state index in [1.807, 2.05) is 0 Å². The quantitative estimate of drug-likeness (QED) is 0.0957. The summed E-state index contributed by atoms with van der Waals surface area (Å²) in [6.07, 6.45) is 11.7. The van der Waals surface area contributed by atoms with Crippen molar-refractivity contribution in [2.24, 2.45) is 0 Å². The first-order chi connectivity index (χ1) is 31.9. The van der Waals surface area contributed by atoms with Crippen molar-refractivity contribution in [3.8, 4) is 32.6 Å². The molecule has 7 aromatic rings. The largest absolute Gasteiger partial charge is 0.465 e. The summed E-state index contributed by atoms with van der Waals surface area (Å²) in [5.41, 5.74) is 2.74. The number of thiazole rings is 2. The lowest BCUT2D eigenvalue weighted by Crippen LogP contribution is -2.40. The Morgan fingerprint density at radius 1 is 0.439 bits per heavy atom. The highest BCUT2D eigenvalue weighted by Crippen LogP contribution is 2.59.